The van der Waals surface area contributed by atoms with Gasteiger partial charge in [-0.25, -0.2) is 4.98 Å². The maximum absolute atomic E-state index is 6.21. The largest absolute Gasteiger partial charge is 0.379 e. The molecule has 3 rings (SSSR count). The van der Waals surface area contributed by atoms with Gasteiger partial charge in [0.25, 0.3) is 0 Å². The number of morpholine rings is 1. The third kappa shape index (κ3) is 4.13. The van der Waals surface area contributed by atoms with Crippen LogP contribution in [0.1, 0.15) is 23.3 Å². The van der Waals surface area contributed by atoms with Crippen LogP contribution in [0.25, 0.3) is 0 Å². The molecule has 1 aliphatic rings. The van der Waals surface area contributed by atoms with Gasteiger partial charge in [0, 0.05) is 26.1 Å². The highest BCUT2D eigenvalue weighted by Crippen LogP contribution is 2.12. The fourth-order valence-electron chi connectivity index (χ4n) is 2.64. The van der Waals surface area contributed by atoms with Gasteiger partial charge >= 0.3 is 0 Å². The quantitative estimate of drug-likeness (QED) is 0.829. The van der Waals surface area contributed by atoms with E-state index in [0.29, 0.717) is 5.82 Å². The molecule has 1 atom stereocenters. The van der Waals surface area contributed by atoms with Crippen LogP contribution < -0.4 is 5.73 Å². The van der Waals surface area contributed by atoms with Crippen molar-refractivity contribution in [1.29, 1.82) is 0 Å². The van der Waals surface area contributed by atoms with Crippen molar-refractivity contribution in [2.24, 2.45) is 5.73 Å². The minimum atomic E-state index is -0.171. The summed E-state index contributed by atoms with van der Waals surface area (Å²) in [5.41, 5.74) is 7.41. The highest BCUT2D eigenvalue weighted by Gasteiger charge is 2.14. The number of aromatic nitrogens is 3. The van der Waals surface area contributed by atoms with Crippen LogP contribution in [0.15, 0.2) is 30.3 Å². The number of nitrogens with one attached hydrogen (secondary N) is 1. The van der Waals surface area contributed by atoms with Gasteiger partial charge in [0.1, 0.15) is 5.82 Å². The van der Waals surface area contributed by atoms with Crippen molar-refractivity contribution < 1.29 is 4.74 Å². The van der Waals surface area contributed by atoms with Gasteiger partial charge in [-0.2, -0.15) is 5.10 Å². The maximum Gasteiger partial charge on any atom is 0.167 e. The van der Waals surface area contributed by atoms with Crippen LogP contribution in [0.5, 0.6) is 0 Å². The third-order valence-electron chi connectivity index (χ3n) is 3.95. The third-order valence-corrected chi connectivity index (χ3v) is 3.95. The molecule has 0 aliphatic carbocycles. The first-order valence-electron chi connectivity index (χ1n) is 7.82. The SMILES string of the molecule is NC(Cc1ccccc1)c1n[nH]c(CCN2CCOCC2)n1. The molecule has 1 fully saturated rings. The zero-order valence-corrected chi connectivity index (χ0v) is 12.7. The Hall–Kier alpha value is -1.76. The Balaban J connectivity index is 1.51. The molecule has 1 aliphatic heterocycles. The molecule has 6 heteroatoms. The fraction of sp³-hybridized carbons (Fsp3) is 0.500. The normalized spacial score (nSPS) is 17.5. The van der Waals surface area contributed by atoms with Crippen molar-refractivity contribution in [3.8, 4) is 0 Å². The van der Waals surface area contributed by atoms with Gasteiger partial charge in [0.15, 0.2) is 5.82 Å². The maximum atomic E-state index is 6.21. The molecule has 1 saturated heterocycles. The van der Waals surface area contributed by atoms with Gasteiger partial charge in [-0.05, 0) is 12.0 Å². The number of benzene rings is 1. The monoisotopic (exact) mass is 301 g/mol. The van der Waals surface area contributed by atoms with E-state index < -0.39 is 0 Å². The summed E-state index contributed by atoms with van der Waals surface area (Å²) in [6, 6.07) is 10.0. The molecule has 0 amide bonds. The highest BCUT2D eigenvalue weighted by atomic mass is 16.5. The lowest BCUT2D eigenvalue weighted by molar-refractivity contribution is 0.0382. The first-order chi connectivity index (χ1) is 10.8. The summed E-state index contributed by atoms with van der Waals surface area (Å²) in [6.07, 6.45) is 1.62. The Morgan fingerprint density at radius 2 is 2.00 bits per heavy atom. The van der Waals surface area contributed by atoms with Crippen LogP contribution >= 0.6 is 0 Å². The van der Waals surface area contributed by atoms with Crippen LogP contribution in [0.3, 0.4) is 0 Å². The average Bonchev–Trinajstić information content (AvgIpc) is 3.04. The molecule has 3 N–H and O–H groups in total. The number of hydrogen-bond acceptors (Lipinski definition) is 5. The van der Waals surface area contributed by atoms with E-state index in [9.17, 15) is 0 Å². The second-order valence-electron chi connectivity index (χ2n) is 5.64. The Kier molecular flexibility index (Phi) is 5.15. The molecule has 22 heavy (non-hydrogen) atoms. The molecular formula is C16H23N5O. The molecule has 1 aromatic carbocycles. The van der Waals surface area contributed by atoms with Gasteiger partial charge in [0.2, 0.25) is 0 Å². The molecule has 6 nitrogen and oxygen atoms in total. The van der Waals surface area contributed by atoms with E-state index in [1.54, 1.807) is 0 Å². The van der Waals surface area contributed by atoms with Crippen LogP contribution in [-0.2, 0) is 17.6 Å². The summed E-state index contributed by atoms with van der Waals surface area (Å²) in [6.45, 7) is 4.61. The molecule has 1 aromatic heterocycles. The summed E-state index contributed by atoms with van der Waals surface area (Å²) < 4.78 is 5.35. The lowest BCUT2D eigenvalue weighted by Gasteiger charge is -2.25. The molecule has 2 heterocycles. The van der Waals surface area contributed by atoms with E-state index in [-0.39, 0.29) is 6.04 Å². The molecule has 0 bridgehead atoms. The van der Waals surface area contributed by atoms with E-state index in [2.05, 4.69) is 32.2 Å². The predicted octanol–water partition coefficient (Wildman–Crippen LogP) is 0.922. The number of hydrogen-bond donors (Lipinski definition) is 2. The van der Waals surface area contributed by atoms with Crippen LogP contribution in [0, 0.1) is 0 Å². The first-order valence-corrected chi connectivity index (χ1v) is 7.82. The summed E-state index contributed by atoms with van der Waals surface area (Å²) in [7, 11) is 0. The van der Waals surface area contributed by atoms with Crippen molar-refractivity contribution in [3.05, 3.63) is 47.5 Å². The van der Waals surface area contributed by atoms with Crippen LogP contribution in [0.2, 0.25) is 0 Å². The minimum Gasteiger partial charge on any atom is -0.379 e. The van der Waals surface area contributed by atoms with Crippen molar-refractivity contribution in [2.45, 2.75) is 18.9 Å². The van der Waals surface area contributed by atoms with Crippen molar-refractivity contribution in [2.75, 3.05) is 32.8 Å². The van der Waals surface area contributed by atoms with Crippen LogP contribution in [-0.4, -0.2) is 52.9 Å². The number of aromatic amines is 1. The fourth-order valence-corrected chi connectivity index (χ4v) is 2.64. The molecule has 2 aromatic rings. The Bertz CT molecular complexity index is 565. The number of nitrogens with two attached hydrogens (primary N) is 1. The van der Waals surface area contributed by atoms with E-state index in [1.807, 2.05) is 18.2 Å². The Labute approximate surface area is 130 Å². The Morgan fingerprint density at radius 3 is 2.77 bits per heavy atom. The van der Waals surface area contributed by atoms with E-state index in [4.69, 9.17) is 10.5 Å². The minimum absolute atomic E-state index is 0.171. The Morgan fingerprint density at radius 1 is 1.23 bits per heavy atom. The van der Waals surface area contributed by atoms with Gasteiger partial charge in [-0.3, -0.25) is 10.00 Å². The average molecular weight is 301 g/mol. The zero-order chi connectivity index (χ0) is 15.2. The van der Waals surface area contributed by atoms with Gasteiger partial charge < -0.3 is 10.5 Å². The second-order valence-corrected chi connectivity index (χ2v) is 5.64. The van der Waals surface area contributed by atoms with Crippen LogP contribution in [0.4, 0.5) is 0 Å². The van der Waals surface area contributed by atoms with E-state index >= 15 is 0 Å². The van der Waals surface area contributed by atoms with Crippen molar-refractivity contribution in [1.82, 2.24) is 20.1 Å². The first kappa shape index (κ1) is 15.1. The predicted molar refractivity (Wildman–Crippen MR) is 84.4 cm³/mol. The smallest absolute Gasteiger partial charge is 0.167 e. The van der Waals surface area contributed by atoms with Crippen molar-refractivity contribution in [3.63, 3.8) is 0 Å². The zero-order valence-electron chi connectivity index (χ0n) is 12.7. The molecule has 1 unspecified atom stereocenters. The summed E-state index contributed by atoms with van der Waals surface area (Å²) in [5.74, 6) is 1.60. The van der Waals surface area contributed by atoms with Gasteiger partial charge in [0.05, 0.1) is 19.3 Å². The molecule has 118 valence electrons. The highest BCUT2D eigenvalue weighted by molar-refractivity contribution is 5.17. The summed E-state index contributed by atoms with van der Waals surface area (Å²) in [5, 5.41) is 7.28. The second kappa shape index (κ2) is 7.49. The number of rotatable bonds is 6. The topological polar surface area (TPSA) is 80.1 Å². The van der Waals surface area contributed by atoms with Gasteiger partial charge in [-0.1, -0.05) is 30.3 Å². The van der Waals surface area contributed by atoms with Crippen molar-refractivity contribution >= 4 is 0 Å². The molecule has 0 radical (unpaired) electrons. The number of H-pyrrole nitrogens is 1. The standard InChI is InChI=1S/C16H23N5O/c17-14(12-13-4-2-1-3-5-13)16-18-15(19-20-16)6-7-21-8-10-22-11-9-21/h1-5,14H,6-12,17H2,(H,18,19,20). The number of nitrogens with zero attached hydrogens (tertiary/aromatic N) is 3. The molecule has 0 saturated carbocycles. The van der Waals surface area contributed by atoms with E-state index in [0.717, 1.165) is 51.5 Å². The lowest BCUT2D eigenvalue weighted by atomic mass is 10.1. The summed E-state index contributed by atoms with van der Waals surface area (Å²) >= 11 is 0. The molecular weight excluding hydrogens is 278 g/mol. The summed E-state index contributed by atoms with van der Waals surface area (Å²) in [4.78, 5) is 6.93. The van der Waals surface area contributed by atoms with E-state index in [1.165, 1.54) is 5.56 Å². The van der Waals surface area contributed by atoms with Gasteiger partial charge in [-0.15, -0.1) is 0 Å². The molecule has 0 spiro atoms. The lowest BCUT2D eigenvalue weighted by Crippen LogP contribution is -2.37. The number of ether oxygens (including phenoxy) is 1.